The Hall–Kier alpha value is -2.09. The quantitative estimate of drug-likeness (QED) is 0.297. The number of aldehydes is 1. The summed E-state index contributed by atoms with van der Waals surface area (Å²) in [6.45, 7) is 0.453. The van der Waals surface area contributed by atoms with E-state index in [0.717, 1.165) is 11.3 Å². The Kier molecular flexibility index (Phi) is 8.76. The first-order valence-electron chi connectivity index (χ1n) is 8.71. The van der Waals surface area contributed by atoms with Gasteiger partial charge in [-0.2, -0.15) is 0 Å². The second kappa shape index (κ2) is 11.0. The highest BCUT2D eigenvalue weighted by Gasteiger charge is 2.20. The molecule has 0 aliphatic heterocycles. The van der Waals surface area contributed by atoms with Gasteiger partial charge in [0.05, 0.1) is 28.2 Å². The molecule has 1 aromatic heterocycles. The Morgan fingerprint density at radius 1 is 1.18 bits per heavy atom. The van der Waals surface area contributed by atoms with Crippen LogP contribution in [-0.2, 0) is 9.59 Å². The minimum atomic E-state index is -0.301. The third-order valence-electron chi connectivity index (χ3n) is 4.11. The molecule has 0 aliphatic carbocycles. The van der Waals surface area contributed by atoms with Gasteiger partial charge in [-0.1, -0.05) is 35.7 Å². The number of unbranched alkanes of at least 4 members (excludes halogenated alkanes) is 1. The number of rotatable bonds is 10. The number of carbonyl (C=O) groups is 3. The lowest BCUT2D eigenvalue weighted by atomic mass is 9.99. The van der Waals surface area contributed by atoms with Crippen molar-refractivity contribution in [3.8, 4) is 0 Å². The van der Waals surface area contributed by atoms with Gasteiger partial charge in [0.25, 0.3) is 5.91 Å². The highest BCUT2D eigenvalue weighted by atomic mass is 35.5. The van der Waals surface area contributed by atoms with E-state index in [9.17, 15) is 14.4 Å². The van der Waals surface area contributed by atoms with Gasteiger partial charge >= 0.3 is 0 Å². The van der Waals surface area contributed by atoms with Crippen molar-refractivity contribution in [2.45, 2.75) is 25.2 Å². The summed E-state index contributed by atoms with van der Waals surface area (Å²) in [6, 6.07) is 6.75. The molecular weight excluding hydrogens is 421 g/mol. The maximum absolute atomic E-state index is 12.3. The van der Waals surface area contributed by atoms with Gasteiger partial charge in [0.15, 0.2) is 0 Å². The molecule has 0 spiro atoms. The first-order chi connectivity index (χ1) is 13.4. The number of anilines is 1. The summed E-state index contributed by atoms with van der Waals surface area (Å²) in [5, 5.41) is 7.80. The smallest absolute Gasteiger partial charge is 0.251 e. The molecule has 2 aromatic rings. The maximum Gasteiger partial charge on any atom is 0.251 e. The highest BCUT2D eigenvalue weighted by molar-refractivity contribution is 7.10. The Morgan fingerprint density at radius 3 is 2.50 bits per heavy atom. The van der Waals surface area contributed by atoms with E-state index in [4.69, 9.17) is 28.9 Å². The van der Waals surface area contributed by atoms with Crippen molar-refractivity contribution in [1.29, 1.82) is 0 Å². The number of nitrogens with one attached hydrogen (secondary N) is 2. The Balaban J connectivity index is 1.82. The molecule has 1 unspecified atom stereocenters. The van der Waals surface area contributed by atoms with Gasteiger partial charge in [0.1, 0.15) is 6.29 Å². The standard InChI is InChI=1S/C19H21Cl2N3O3S/c20-14-10-12(11-15(21)17(14)22)18(26)23-6-2-1-4-13(16-5-3-9-28-16)19(27)24-7-8-25/h3,5,8-11,13H,1-2,4,6-7,22H2,(H,23,26)(H,24,27). The lowest BCUT2D eigenvalue weighted by molar-refractivity contribution is -0.124. The molecule has 1 aromatic carbocycles. The van der Waals surface area contributed by atoms with Crippen LogP contribution in [0.3, 0.4) is 0 Å². The van der Waals surface area contributed by atoms with Crippen LogP contribution < -0.4 is 16.4 Å². The Morgan fingerprint density at radius 2 is 1.89 bits per heavy atom. The van der Waals surface area contributed by atoms with Crippen LogP contribution in [0.4, 0.5) is 5.69 Å². The predicted octanol–water partition coefficient (Wildman–Crippen LogP) is 3.64. The van der Waals surface area contributed by atoms with Crippen molar-refractivity contribution in [1.82, 2.24) is 10.6 Å². The van der Waals surface area contributed by atoms with Crippen molar-refractivity contribution in [2.75, 3.05) is 18.8 Å². The van der Waals surface area contributed by atoms with Crippen LogP contribution in [-0.4, -0.2) is 31.2 Å². The van der Waals surface area contributed by atoms with Crippen LogP contribution in [0.1, 0.15) is 40.4 Å². The molecule has 2 amide bonds. The van der Waals surface area contributed by atoms with Crippen LogP contribution in [0, 0.1) is 0 Å². The fourth-order valence-electron chi connectivity index (χ4n) is 2.65. The highest BCUT2D eigenvalue weighted by Crippen LogP contribution is 2.29. The molecule has 150 valence electrons. The number of hydrogen-bond acceptors (Lipinski definition) is 5. The van der Waals surface area contributed by atoms with Crippen molar-refractivity contribution >= 4 is 58.3 Å². The molecule has 1 atom stereocenters. The second-order valence-electron chi connectivity index (χ2n) is 6.09. The molecule has 0 bridgehead atoms. The SMILES string of the molecule is Nc1c(Cl)cc(C(=O)NCCCCC(C(=O)NCC=O)c2cccs2)cc1Cl. The van der Waals surface area contributed by atoms with Gasteiger partial charge in [-0.25, -0.2) is 0 Å². The van der Waals surface area contributed by atoms with Crippen molar-refractivity contribution < 1.29 is 14.4 Å². The Labute approximate surface area is 177 Å². The summed E-state index contributed by atoms with van der Waals surface area (Å²) in [6.07, 6.45) is 2.72. The number of carbonyl (C=O) groups excluding carboxylic acids is 3. The van der Waals surface area contributed by atoms with Gasteiger partial charge in [0.2, 0.25) is 5.91 Å². The zero-order valence-electron chi connectivity index (χ0n) is 15.0. The van der Waals surface area contributed by atoms with Crippen LogP contribution in [0.2, 0.25) is 10.0 Å². The number of hydrogen-bond donors (Lipinski definition) is 3. The summed E-state index contributed by atoms with van der Waals surface area (Å²) >= 11 is 13.4. The van der Waals surface area contributed by atoms with E-state index in [1.807, 2.05) is 17.5 Å². The molecule has 0 fully saturated rings. The number of thiophene rings is 1. The zero-order valence-corrected chi connectivity index (χ0v) is 17.4. The largest absolute Gasteiger partial charge is 0.396 e. The molecule has 28 heavy (non-hydrogen) atoms. The van der Waals surface area contributed by atoms with Crippen LogP contribution in [0.5, 0.6) is 0 Å². The minimum Gasteiger partial charge on any atom is -0.396 e. The summed E-state index contributed by atoms with van der Waals surface area (Å²) < 4.78 is 0. The average molecular weight is 442 g/mol. The molecule has 1 heterocycles. The molecule has 0 radical (unpaired) electrons. The van der Waals surface area contributed by atoms with E-state index < -0.39 is 0 Å². The van der Waals surface area contributed by atoms with Crippen molar-refractivity contribution in [3.63, 3.8) is 0 Å². The number of nitrogen functional groups attached to an aromatic ring is 1. The first-order valence-corrected chi connectivity index (χ1v) is 10.3. The molecule has 2 rings (SSSR count). The molecule has 0 saturated heterocycles. The summed E-state index contributed by atoms with van der Waals surface area (Å²) in [5.41, 5.74) is 6.25. The first kappa shape index (κ1) is 22.2. The number of amides is 2. The number of nitrogens with two attached hydrogens (primary N) is 1. The fourth-order valence-corrected chi connectivity index (χ4v) is 4.00. The predicted molar refractivity (Wildman–Crippen MR) is 113 cm³/mol. The molecular formula is C19H21Cl2N3O3S. The lowest BCUT2D eigenvalue weighted by Crippen LogP contribution is -2.30. The van der Waals surface area contributed by atoms with Gasteiger partial charge in [0, 0.05) is 17.0 Å². The molecule has 0 aliphatic rings. The van der Waals surface area contributed by atoms with E-state index in [2.05, 4.69) is 10.6 Å². The summed E-state index contributed by atoms with van der Waals surface area (Å²) in [4.78, 5) is 35.9. The van der Waals surface area contributed by atoms with E-state index in [-0.39, 0.29) is 40.0 Å². The van der Waals surface area contributed by atoms with Crippen LogP contribution in [0.25, 0.3) is 0 Å². The zero-order chi connectivity index (χ0) is 20.5. The topological polar surface area (TPSA) is 101 Å². The molecule has 6 nitrogen and oxygen atoms in total. The van der Waals surface area contributed by atoms with Crippen LogP contribution in [0.15, 0.2) is 29.6 Å². The van der Waals surface area contributed by atoms with E-state index in [1.54, 1.807) is 0 Å². The van der Waals surface area contributed by atoms with Gasteiger partial charge in [-0.3, -0.25) is 9.59 Å². The maximum atomic E-state index is 12.3. The molecule has 4 N–H and O–H groups in total. The third-order valence-corrected chi connectivity index (χ3v) is 5.72. The summed E-state index contributed by atoms with van der Waals surface area (Å²) in [7, 11) is 0. The van der Waals surface area contributed by atoms with E-state index in [0.29, 0.717) is 31.2 Å². The molecule has 0 saturated carbocycles. The van der Waals surface area contributed by atoms with Crippen LogP contribution >= 0.6 is 34.5 Å². The van der Waals surface area contributed by atoms with E-state index in [1.165, 1.54) is 23.5 Å². The average Bonchev–Trinajstić information content (AvgIpc) is 3.20. The van der Waals surface area contributed by atoms with E-state index >= 15 is 0 Å². The fraction of sp³-hybridized carbons (Fsp3) is 0.316. The van der Waals surface area contributed by atoms with Crippen molar-refractivity contribution in [2.24, 2.45) is 0 Å². The van der Waals surface area contributed by atoms with Crippen molar-refractivity contribution in [3.05, 3.63) is 50.1 Å². The second-order valence-corrected chi connectivity index (χ2v) is 7.88. The monoisotopic (exact) mass is 441 g/mol. The lowest BCUT2D eigenvalue weighted by Gasteiger charge is -2.15. The van der Waals surface area contributed by atoms with Gasteiger partial charge in [-0.05, 0) is 36.4 Å². The summed E-state index contributed by atoms with van der Waals surface area (Å²) in [5.74, 6) is -0.752. The Bertz CT molecular complexity index is 805. The van der Waals surface area contributed by atoms with Gasteiger partial charge in [-0.15, -0.1) is 11.3 Å². The number of halogens is 2. The minimum absolute atomic E-state index is 0.00345. The van der Waals surface area contributed by atoms with Gasteiger partial charge < -0.3 is 21.2 Å². The normalized spacial score (nSPS) is 11.6. The third kappa shape index (κ3) is 6.22. The molecule has 9 heteroatoms. The number of benzene rings is 1.